The maximum Gasteiger partial charge on any atom is 0.326 e. The van der Waals surface area contributed by atoms with Gasteiger partial charge in [-0.25, -0.2) is 8.42 Å². The van der Waals surface area contributed by atoms with Gasteiger partial charge in [0.2, 0.25) is 0 Å². The van der Waals surface area contributed by atoms with Crippen molar-refractivity contribution in [1.29, 1.82) is 5.26 Å². The van der Waals surface area contributed by atoms with Crippen molar-refractivity contribution in [3.63, 3.8) is 0 Å². The van der Waals surface area contributed by atoms with E-state index in [0.29, 0.717) is 24.7 Å². The van der Waals surface area contributed by atoms with Gasteiger partial charge in [-0.3, -0.25) is 9.10 Å². The first-order valence-corrected chi connectivity index (χ1v) is 9.85. The Labute approximate surface area is 162 Å². The summed E-state index contributed by atoms with van der Waals surface area (Å²) in [5.74, 6) is 0.0857. The van der Waals surface area contributed by atoms with E-state index >= 15 is 0 Å². The van der Waals surface area contributed by atoms with E-state index in [2.05, 4.69) is 4.74 Å². The highest BCUT2D eigenvalue weighted by Gasteiger charge is 2.29. The van der Waals surface area contributed by atoms with Gasteiger partial charge >= 0.3 is 5.97 Å². The molecule has 2 aromatic rings. The molecule has 0 unspecified atom stereocenters. The Morgan fingerprint density at radius 1 is 1.14 bits per heavy atom. The SMILES string of the molecule is COC(=O)CN(c1ccc(CC#N)cc1)S(=O)(=O)c1ccc2c(c1)OCCO2. The predicted octanol–water partition coefficient (Wildman–Crippen LogP) is 1.89. The molecule has 1 aliphatic rings. The Morgan fingerprint density at radius 2 is 1.82 bits per heavy atom. The number of carbonyl (C=O) groups is 1. The van der Waals surface area contributed by atoms with Crippen molar-refractivity contribution in [2.24, 2.45) is 0 Å². The second-order valence-corrected chi connectivity index (χ2v) is 7.76. The molecular weight excluding hydrogens is 384 g/mol. The van der Waals surface area contributed by atoms with Gasteiger partial charge in [0.1, 0.15) is 19.8 Å². The van der Waals surface area contributed by atoms with Crippen molar-refractivity contribution < 1.29 is 27.4 Å². The zero-order valence-corrected chi connectivity index (χ0v) is 15.9. The summed E-state index contributed by atoms with van der Waals surface area (Å²) in [6, 6.07) is 12.7. The fraction of sp³-hybridized carbons (Fsp3) is 0.263. The molecule has 0 aliphatic carbocycles. The van der Waals surface area contributed by atoms with E-state index in [-0.39, 0.29) is 17.0 Å². The maximum atomic E-state index is 13.3. The number of hydrogen-bond acceptors (Lipinski definition) is 7. The highest BCUT2D eigenvalue weighted by molar-refractivity contribution is 7.92. The second kappa shape index (κ2) is 8.19. The van der Waals surface area contributed by atoms with E-state index < -0.39 is 22.5 Å². The number of rotatable bonds is 6. The van der Waals surface area contributed by atoms with Crippen molar-refractivity contribution in [1.82, 2.24) is 0 Å². The molecule has 1 aliphatic heterocycles. The van der Waals surface area contributed by atoms with E-state index in [1.807, 2.05) is 6.07 Å². The van der Waals surface area contributed by atoms with Gasteiger partial charge in [0.15, 0.2) is 11.5 Å². The number of hydrogen-bond donors (Lipinski definition) is 0. The van der Waals surface area contributed by atoms with E-state index in [1.54, 1.807) is 24.3 Å². The highest BCUT2D eigenvalue weighted by atomic mass is 32.2. The molecule has 0 spiro atoms. The number of anilines is 1. The van der Waals surface area contributed by atoms with Crippen molar-refractivity contribution in [2.75, 3.05) is 31.2 Å². The van der Waals surface area contributed by atoms with Crippen LogP contribution in [0.2, 0.25) is 0 Å². The van der Waals surface area contributed by atoms with Crippen LogP contribution in [0.4, 0.5) is 5.69 Å². The molecule has 0 radical (unpaired) electrons. The van der Waals surface area contributed by atoms with Gasteiger partial charge in [-0.05, 0) is 29.8 Å². The number of carbonyl (C=O) groups excluding carboxylic acids is 1. The molecule has 8 nitrogen and oxygen atoms in total. The quantitative estimate of drug-likeness (QED) is 0.679. The Balaban J connectivity index is 2.01. The molecule has 1 heterocycles. The molecule has 9 heteroatoms. The van der Waals surface area contributed by atoms with Crippen molar-refractivity contribution in [3.8, 4) is 17.6 Å². The van der Waals surface area contributed by atoms with Gasteiger partial charge < -0.3 is 14.2 Å². The summed E-state index contributed by atoms with van der Waals surface area (Å²) < 4.78 is 43.0. The van der Waals surface area contributed by atoms with Crippen LogP contribution in [-0.4, -0.2) is 41.3 Å². The fourth-order valence-electron chi connectivity index (χ4n) is 2.68. The Morgan fingerprint density at radius 3 is 2.46 bits per heavy atom. The molecule has 0 amide bonds. The topological polar surface area (TPSA) is 106 Å². The number of esters is 1. The second-order valence-electron chi connectivity index (χ2n) is 5.89. The lowest BCUT2D eigenvalue weighted by molar-refractivity contribution is -0.138. The molecule has 3 rings (SSSR count). The normalized spacial score (nSPS) is 12.7. The van der Waals surface area contributed by atoms with Crippen LogP contribution in [0.3, 0.4) is 0 Å². The molecule has 2 aromatic carbocycles. The standard InChI is InChI=1S/C19H18N2O6S/c1-25-19(22)13-21(15-4-2-14(3-5-15)8-9-20)28(23,24)16-6-7-17-18(12-16)27-11-10-26-17/h2-7,12H,8,10-11,13H2,1H3. The molecule has 28 heavy (non-hydrogen) atoms. The fourth-order valence-corrected chi connectivity index (χ4v) is 4.10. The molecule has 0 bridgehead atoms. The number of sulfonamides is 1. The minimum absolute atomic E-state index is 0.0400. The van der Waals surface area contributed by atoms with Crippen molar-refractivity contribution in [2.45, 2.75) is 11.3 Å². The summed E-state index contributed by atoms with van der Waals surface area (Å²) in [4.78, 5) is 11.8. The zero-order chi connectivity index (χ0) is 20.1. The minimum atomic E-state index is -4.09. The molecule has 0 fully saturated rings. The number of fused-ring (bicyclic) bond motifs is 1. The van der Waals surface area contributed by atoms with Gasteiger partial charge in [-0.15, -0.1) is 0 Å². The van der Waals surface area contributed by atoms with E-state index in [4.69, 9.17) is 14.7 Å². The molecule has 0 aromatic heterocycles. The first-order valence-electron chi connectivity index (χ1n) is 8.41. The molecular formula is C19H18N2O6S. The predicted molar refractivity (Wildman–Crippen MR) is 99.7 cm³/mol. The molecule has 0 atom stereocenters. The van der Waals surface area contributed by atoms with Crippen LogP contribution in [0, 0.1) is 11.3 Å². The van der Waals surface area contributed by atoms with Gasteiger partial charge in [-0.2, -0.15) is 5.26 Å². The monoisotopic (exact) mass is 402 g/mol. The van der Waals surface area contributed by atoms with E-state index in [9.17, 15) is 13.2 Å². The summed E-state index contributed by atoms with van der Waals surface area (Å²) >= 11 is 0. The number of ether oxygens (including phenoxy) is 3. The Hall–Kier alpha value is -3.25. The van der Waals surface area contributed by atoms with Crippen LogP contribution in [0.5, 0.6) is 11.5 Å². The van der Waals surface area contributed by atoms with Gasteiger partial charge in [0.25, 0.3) is 10.0 Å². The Kier molecular flexibility index (Phi) is 5.70. The summed E-state index contributed by atoms with van der Waals surface area (Å²) in [5, 5.41) is 8.78. The van der Waals surface area contributed by atoms with Crippen LogP contribution < -0.4 is 13.8 Å². The smallest absolute Gasteiger partial charge is 0.326 e. The lowest BCUT2D eigenvalue weighted by atomic mass is 10.1. The maximum absolute atomic E-state index is 13.3. The third kappa shape index (κ3) is 4.02. The third-order valence-corrected chi connectivity index (χ3v) is 5.88. The first-order chi connectivity index (χ1) is 13.5. The molecule has 0 N–H and O–H groups in total. The van der Waals surface area contributed by atoms with Crippen LogP contribution >= 0.6 is 0 Å². The summed E-state index contributed by atoms with van der Waals surface area (Å²) in [6.07, 6.45) is 0.201. The molecule has 0 saturated carbocycles. The van der Waals surface area contributed by atoms with Crippen LogP contribution in [0.25, 0.3) is 0 Å². The van der Waals surface area contributed by atoms with Crippen molar-refractivity contribution in [3.05, 3.63) is 48.0 Å². The average molecular weight is 402 g/mol. The minimum Gasteiger partial charge on any atom is -0.486 e. The lowest BCUT2D eigenvalue weighted by Gasteiger charge is -2.25. The summed E-state index contributed by atoms with van der Waals surface area (Å²) in [7, 11) is -2.90. The number of nitriles is 1. The molecule has 146 valence electrons. The summed E-state index contributed by atoms with van der Waals surface area (Å²) in [5.41, 5.74) is 1.02. The van der Waals surface area contributed by atoms with Crippen LogP contribution in [0.1, 0.15) is 5.56 Å². The van der Waals surface area contributed by atoms with Crippen molar-refractivity contribution >= 4 is 21.7 Å². The number of nitrogens with zero attached hydrogens (tertiary/aromatic N) is 2. The largest absolute Gasteiger partial charge is 0.486 e. The van der Waals surface area contributed by atoms with E-state index in [0.717, 1.165) is 9.87 Å². The third-order valence-electron chi connectivity index (χ3n) is 4.11. The molecule has 0 saturated heterocycles. The first kappa shape index (κ1) is 19.5. The lowest BCUT2D eigenvalue weighted by Crippen LogP contribution is -2.36. The summed E-state index contributed by atoms with van der Waals surface area (Å²) in [6.45, 7) is 0.218. The Bertz CT molecular complexity index is 1010. The number of methoxy groups -OCH3 is 1. The van der Waals surface area contributed by atoms with Crippen LogP contribution in [0.15, 0.2) is 47.4 Å². The average Bonchev–Trinajstić information content (AvgIpc) is 2.72. The van der Waals surface area contributed by atoms with Gasteiger partial charge in [-0.1, -0.05) is 12.1 Å². The van der Waals surface area contributed by atoms with Gasteiger partial charge in [0.05, 0.1) is 30.2 Å². The highest BCUT2D eigenvalue weighted by Crippen LogP contribution is 2.34. The zero-order valence-electron chi connectivity index (χ0n) is 15.1. The van der Waals surface area contributed by atoms with Gasteiger partial charge in [0, 0.05) is 6.07 Å². The van der Waals surface area contributed by atoms with E-state index in [1.165, 1.54) is 25.3 Å². The van der Waals surface area contributed by atoms with Crippen LogP contribution in [-0.2, 0) is 26.0 Å². The number of benzene rings is 2.